The van der Waals surface area contributed by atoms with E-state index in [0.717, 1.165) is 24.2 Å². The van der Waals surface area contributed by atoms with Crippen LogP contribution in [0.25, 0.3) is 0 Å². The molecule has 0 amide bonds. The van der Waals surface area contributed by atoms with Gasteiger partial charge in [-0.15, -0.1) is 0 Å². The summed E-state index contributed by atoms with van der Waals surface area (Å²) < 4.78 is 24.2. The van der Waals surface area contributed by atoms with Crippen molar-refractivity contribution in [3.8, 4) is 5.75 Å². The molecule has 2 N–H and O–H groups in total. The van der Waals surface area contributed by atoms with Gasteiger partial charge in [0, 0.05) is 12.0 Å². The molecule has 0 spiro atoms. The topological polar surface area (TPSA) is 74.2 Å². The monoisotopic (exact) mass is 277 g/mol. The van der Waals surface area contributed by atoms with Gasteiger partial charge in [0.15, 0.2) is 24.0 Å². The number of nitrogens with zero attached hydrogens (tertiary/aromatic N) is 2. The van der Waals surface area contributed by atoms with Crippen LogP contribution in [-0.2, 0) is 6.61 Å². The highest BCUT2D eigenvalue weighted by atomic mass is 19.1. The molecule has 1 saturated carbocycles. The first kappa shape index (κ1) is 13.1. The number of hydrogen-bond donors (Lipinski definition) is 1. The minimum Gasteiger partial charge on any atom is -0.481 e. The third-order valence-electron chi connectivity index (χ3n) is 3.26. The van der Waals surface area contributed by atoms with E-state index in [1.165, 1.54) is 6.07 Å². The quantitative estimate of drug-likeness (QED) is 0.909. The number of hydrogen-bond acceptors (Lipinski definition) is 5. The summed E-state index contributed by atoms with van der Waals surface area (Å²) in [6.07, 6.45) is 2.21. The van der Waals surface area contributed by atoms with Crippen molar-refractivity contribution in [1.29, 1.82) is 0 Å². The fraction of sp³-hybridized carbons (Fsp3) is 0.429. The molecule has 0 saturated heterocycles. The van der Waals surface area contributed by atoms with E-state index in [4.69, 9.17) is 15.0 Å². The molecular weight excluding hydrogens is 261 g/mol. The molecular formula is C14H16FN3O2. The number of benzene rings is 1. The molecule has 0 bridgehead atoms. The van der Waals surface area contributed by atoms with Crippen molar-refractivity contribution in [1.82, 2.24) is 10.1 Å². The molecule has 6 heteroatoms. The second-order valence-corrected chi connectivity index (χ2v) is 5.09. The minimum atomic E-state index is -0.443. The molecule has 1 aromatic carbocycles. The lowest BCUT2D eigenvalue weighted by Gasteiger charge is -2.09. The summed E-state index contributed by atoms with van der Waals surface area (Å²) in [7, 11) is 0. The Morgan fingerprint density at radius 2 is 2.30 bits per heavy atom. The fourth-order valence-corrected chi connectivity index (χ4v) is 1.89. The van der Waals surface area contributed by atoms with E-state index in [1.54, 1.807) is 19.1 Å². The summed E-state index contributed by atoms with van der Waals surface area (Å²) in [6, 6.07) is 4.47. The van der Waals surface area contributed by atoms with Crippen LogP contribution in [0.1, 0.15) is 49.0 Å². The fourth-order valence-electron chi connectivity index (χ4n) is 1.89. The predicted molar refractivity (Wildman–Crippen MR) is 69.6 cm³/mol. The van der Waals surface area contributed by atoms with E-state index in [2.05, 4.69) is 10.1 Å². The zero-order valence-corrected chi connectivity index (χ0v) is 11.2. The van der Waals surface area contributed by atoms with Crippen LogP contribution in [0.4, 0.5) is 4.39 Å². The lowest BCUT2D eigenvalue weighted by molar-refractivity contribution is 0.234. The van der Waals surface area contributed by atoms with Crippen LogP contribution < -0.4 is 10.5 Å². The van der Waals surface area contributed by atoms with Gasteiger partial charge in [-0.2, -0.15) is 4.98 Å². The zero-order valence-electron chi connectivity index (χ0n) is 11.2. The lowest BCUT2D eigenvalue weighted by atomic mass is 10.1. The SMILES string of the molecule is CC(N)c1ccc(OCc2nc(C3CC3)no2)c(F)c1. The molecule has 3 rings (SSSR count). The maximum Gasteiger partial charge on any atom is 0.264 e. The molecule has 1 aliphatic rings. The predicted octanol–water partition coefficient (Wildman–Crippen LogP) is 2.68. The van der Waals surface area contributed by atoms with Gasteiger partial charge < -0.3 is 15.0 Å². The molecule has 20 heavy (non-hydrogen) atoms. The number of rotatable bonds is 5. The summed E-state index contributed by atoms with van der Waals surface area (Å²) in [5, 5.41) is 3.87. The van der Waals surface area contributed by atoms with E-state index in [9.17, 15) is 4.39 Å². The highest BCUT2D eigenvalue weighted by Crippen LogP contribution is 2.38. The third-order valence-corrected chi connectivity index (χ3v) is 3.26. The van der Waals surface area contributed by atoms with Gasteiger partial charge in [-0.3, -0.25) is 0 Å². The Morgan fingerprint density at radius 3 is 2.95 bits per heavy atom. The summed E-state index contributed by atoms with van der Waals surface area (Å²) in [5.74, 6) is 1.22. The van der Waals surface area contributed by atoms with Gasteiger partial charge in [0.25, 0.3) is 5.89 Å². The van der Waals surface area contributed by atoms with E-state index in [-0.39, 0.29) is 18.4 Å². The van der Waals surface area contributed by atoms with E-state index in [0.29, 0.717) is 11.8 Å². The summed E-state index contributed by atoms with van der Waals surface area (Å²) in [5.41, 5.74) is 6.42. The maximum absolute atomic E-state index is 13.8. The summed E-state index contributed by atoms with van der Waals surface area (Å²) in [6.45, 7) is 1.86. The molecule has 1 aliphatic carbocycles. The number of ether oxygens (including phenoxy) is 1. The van der Waals surface area contributed by atoms with Crippen LogP contribution in [0.2, 0.25) is 0 Å². The van der Waals surface area contributed by atoms with Crippen molar-refractivity contribution in [2.75, 3.05) is 0 Å². The van der Waals surface area contributed by atoms with Gasteiger partial charge >= 0.3 is 0 Å². The average Bonchev–Trinajstić information content (AvgIpc) is 3.17. The van der Waals surface area contributed by atoms with Crippen molar-refractivity contribution < 1.29 is 13.7 Å². The smallest absolute Gasteiger partial charge is 0.264 e. The standard InChI is InChI=1S/C14H16FN3O2/c1-8(16)10-4-5-12(11(15)6-10)19-7-13-17-14(18-20-13)9-2-3-9/h4-6,8-9H,2-3,7,16H2,1H3. The van der Waals surface area contributed by atoms with E-state index >= 15 is 0 Å². The zero-order chi connectivity index (χ0) is 14.1. The Bertz CT molecular complexity index is 608. The van der Waals surface area contributed by atoms with E-state index < -0.39 is 5.82 Å². The van der Waals surface area contributed by atoms with Crippen LogP contribution in [0.15, 0.2) is 22.7 Å². The van der Waals surface area contributed by atoms with Crippen LogP contribution in [0.5, 0.6) is 5.75 Å². The van der Waals surface area contributed by atoms with Gasteiger partial charge in [0.2, 0.25) is 0 Å². The normalized spacial score (nSPS) is 16.1. The Kier molecular flexibility index (Phi) is 3.40. The number of aromatic nitrogens is 2. The number of nitrogens with two attached hydrogens (primary N) is 1. The first-order chi connectivity index (χ1) is 9.63. The van der Waals surface area contributed by atoms with E-state index in [1.807, 2.05) is 0 Å². The Hall–Kier alpha value is -1.95. The second-order valence-electron chi connectivity index (χ2n) is 5.09. The highest BCUT2D eigenvalue weighted by molar-refractivity contribution is 5.30. The molecule has 1 atom stereocenters. The lowest BCUT2D eigenvalue weighted by Crippen LogP contribution is -2.06. The molecule has 106 valence electrons. The van der Waals surface area contributed by atoms with Gasteiger partial charge in [-0.05, 0) is 37.5 Å². The number of halogens is 1. The second kappa shape index (κ2) is 5.20. The van der Waals surface area contributed by atoms with Crippen LogP contribution in [0, 0.1) is 5.82 Å². The van der Waals surface area contributed by atoms with Crippen molar-refractivity contribution in [2.24, 2.45) is 5.73 Å². The van der Waals surface area contributed by atoms with Crippen molar-refractivity contribution in [3.05, 3.63) is 41.3 Å². The van der Waals surface area contributed by atoms with Gasteiger partial charge in [-0.1, -0.05) is 11.2 Å². The third kappa shape index (κ3) is 2.80. The van der Waals surface area contributed by atoms with Gasteiger partial charge in [0.05, 0.1) is 0 Å². The summed E-state index contributed by atoms with van der Waals surface area (Å²) in [4.78, 5) is 4.22. The molecule has 5 nitrogen and oxygen atoms in total. The van der Waals surface area contributed by atoms with Crippen molar-refractivity contribution >= 4 is 0 Å². The van der Waals surface area contributed by atoms with Crippen LogP contribution in [-0.4, -0.2) is 10.1 Å². The van der Waals surface area contributed by atoms with Gasteiger partial charge in [0.1, 0.15) is 0 Å². The molecule has 1 aromatic heterocycles. The Balaban J connectivity index is 1.65. The van der Waals surface area contributed by atoms with Crippen molar-refractivity contribution in [2.45, 2.75) is 38.3 Å². The minimum absolute atomic E-state index is 0.0637. The molecule has 2 aromatic rings. The Labute approximate surface area is 115 Å². The van der Waals surface area contributed by atoms with Crippen LogP contribution >= 0.6 is 0 Å². The molecule has 0 radical (unpaired) electrons. The molecule has 0 aliphatic heterocycles. The molecule has 1 heterocycles. The largest absolute Gasteiger partial charge is 0.481 e. The first-order valence-corrected chi connectivity index (χ1v) is 6.64. The van der Waals surface area contributed by atoms with Crippen LogP contribution in [0.3, 0.4) is 0 Å². The highest BCUT2D eigenvalue weighted by Gasteiger charge is 2.28. The molecule has 1 fully saturated rings. The summed E-state index contributed by atoms with van der Waals surface area (Å²) >= 11 is 0. The first-order valence-electron chi connectivity index (χ1n) is 6.64. The maximum atomic E-state index is 13.8. The molecule has 1 unspecified atom stereocenters. The average molecular weight is 277 g/mol. The van der Waals surface area contributed by atoms with Crippen molar-refractivity contribution in [3.63, 3.8) is 0 Å². The van der Waals surface area contributed by atoms with Gasteiger partial charge in [-0.25, -0.2) is 4.39 Å². The Morgan fingerprint density at radius 1 is 1.50 bits per heavy atom.